The fraction of sp³-hybridized carbons (Fsp3) is 0.917. The van der Waals surface area contributed by atoms with Crippen molar-refractivity contribution in [2.45, 2.75) is 38.1 Å². The third-order valence-electron chi connectivity index (χ3n) is 3.78. The van der Waals surface area contributed by atoms with Crippen molar-refractivity contribution < 1.29 is 8.42 Å². The Morgan fingerprint density at radius 2 is 2.05 bits per heavy atom. The van der Waals surface area contributed by atoms with Crippen molar-refractivity contribution in [1.29, 1.82) is 0 Å². The predicted molar refractivity (Wildman–Crippen MR) is 76.7 cm³/mol. The molecule has 7 heteroatoms. The van der Waals surface area contributed by atoms with Gasteiger partial charge in [0.15, 0.2) is 5.96 Å². The van der Waals surface area contributed by atoms with Crippen LogP contribution >= 0.6 is 0 Å². The summed E-state index contributed by atoms with van der Waals surface area (Å²) in [6.07, 6.45) is 5.70. The molecule has 0 radical (unpaired) electrons. The molecule has 1 aliphatic carbocycles. The summed E-state index contributed by atoms with van der Waals surface area (Å²) in [6, 6.07) is 0.515. The first kappa shape index (κ1) is 14.6. The summed E-state index contributed by atoms with van der Waals surface area (Å²) in [4.78, 5) is 4.18. The van der Waals surface area contributed by atoms with Crippen molar-refractivity contribution in [3.63, 3.8) is 0 Å². The second-order valence-corrected chi connectivity index (χ2v) is 7.28. The van der Waals surface area contributed by atoms with E-state index in [9.17, 15) is 8.42 Å². The van der Waals surface area contributed by atoms with Gasteiger partial charge in [0.05, 0.1) is 5.75 Å². The second kappa shape index (κ2) is 6.56. The molecule has 2 rings (SSSR count). The standard InChI is InChI=1S/C12H24N4O2S/c1-13-12(15-11-5-2-3-6-11)14-7-9-16-8-4-10-19(16,17)18/h11H,2-10H2,1H3,(H2,13,14,15). The van der Waals surface area contributed by atoms with Gasteiger partial charge in [0.2, 0.25) is 10.0 Å². The summed E-state index contributed by atoms with van der Waals surface area (Å²) < 4.78 is 24.8. The highest BCUT2D eigenvalue weighted by Gasteiger charge is 2.27. The smallest absolute Gasteiger partial charge is 0.214 e. The van der Waals surface area contributed by atoms with Crippen LogP contribution in [0.4, 0.5) is 0 Å². The third-order valence-corrected chi connectivity index (χ3v) is 5.73. The molecule has 0 aromatic rings. The van der Waals surface area contributed by atoms with Crippen molar-refractivity contribution in [3.05, 3.63) is 0 Å². The van der Waals surface area contributed by atoms with Gasteiger partial charge < -0.3 is 10.6 Å². The normalized spacial score (nSPS) is 24.8. The van der Waals surface area contributed by atoms with Crippen molar-refractivity contribution in [2.75, 3.05) is 32.4 Å². The van der Waals surface area contributed by atoms with Crippen LogP contribution in [-0.4, -0.2) is 57.2 Å². The third kappa shape index (κ3) is 4.07. The number of nitrogens with zero attached hydrogens (tertiary/aromatic N) is 2. The molecule has 0 aromatic heterocycles. The summed E-state index contributed by atoms with van der Waals surface area (Å²) in [5.41, 5.74) is 0. The summed E-state index contributed by atoms with van der Waals surface area (Å²) in [6.45, 7) is 1.78. The van der Waals surface area contributed by atoms with E-state index in [-0.39, 0.29) is 0 Å². The second-order valence-electron chi connectivity index (χ2n) is 5.19. The molecule has 2 N–H and O–H groups in total. The molecule has 0 spiro atoms. The van der Waals surface area contributed by atoms with E-state index in [2.05, 4.69) is 15.6 Å². The van der Waals surface area contributed by atoms with Gasteiger partial charge >= 0.3 is 0 Å². The van der Waals surface area contributed by atoms with E-state index in [4.69, 9.17) is 0 Å². The van der Waals surface area contributed by atoms with Gasteiger partial charge in [-0.15, -0.1) is 0 Å². The maximum Gasteiger partial charge on any atom is 0.214 e. The van der Waals surface area contributed by atoms with Crippen LogP contribution in [0, 0.1) is 0 Å². The molecular weight excluding hydrogens is 264 g/mol. The van der Waals surface area contributed by atoms with E-state index in [1.165, 1.54) is 25.7 Å². The van der Waals surface area contributed by atoms with Gasteiger partial charge in [-0.1, -0.05) is 12.8 Å². The van der Waals surface area contributed by atoms with Gasteiger partial charge in [-0.05, 0) is 19.3 Å². The maximum absolute atomic E-state index is 11.6. The van der Waals surface area contributed by atoms with Crippen molar-refractivity contribution in [2.24, 2.45) is 4.99 Å². The number of hydrogen-bond donors (Lipinski definition) is 2. The molecule has 0 amide bonds. The minimum absolute atomic E-state index is 0.294. The highest BCUT2D eigenvalue weighted by atomic mass is 32.2. The lowest BCUT2D eigenvalue weighted by atomic mass is 10.2. The maximum atomic E-state index is 11.6. The SMILES string of the molecule is CN=C(NCCN1CCCS1(=O)=O)NC1CCCC1. The number of rotatable bonds is 4. The van der Waals surface area contributed by atoms with E-state index < -0.39 is 10.0 Å². The largest absolute Gasteiger partial charge is 0.355 e. The minimum Gasteiger partial charge on any atom is -0.355 e. The molecule has 6 nitrogen and oxygen atoms in total. The van der Waals surface area contributed by atoms with E-state index in [0.29, 0.717) is 31.4 Å². The van der Waals surface area contributed by atoms with Crippen molar-refractivity contribution in [1.82, 2.24) is 14.9 Å². The highest BCUT2D eigenvalue weighted by Crippen LogP contribution is 2.17. The monoisotopic (exact) mass is 288 g/mol. The lowest BCUT2D eigenvalue weighted by Gasteiger charge is -2.19. The molecule has 0 bridgehead atoms. The van der Waals surface area contributed by atoms with Crippen molar-refractivity contribution >= 4 is 16.0 Å². The number of guanidine groups is 1. The molecule has 19 heavy (non-hydrogen) atoms. The molecule has 1 saturated heterocycles. The van der Waals surface area contributed by atoms with Gasteiger partial charge in [0.25, 0.3) is 0 Å². The van der Waals surface area contributed by atoms with Crippen LogP contribution in [-0.2, 0) is 10.0 Å². The predicted octanol–water partition coefficient (Wildman–Crippen LogP) is 0.130. The Morgan fingerprint density at radius 1 is 1.32 bits per heavy atom. The van der Waals surface area contributed by atoms with Gasteiger partial charge in [-0.2, -0.15) is 0 Å². The molecule has 0 atom stereocenters. The molecule has 1 aliphatic heterocycles. The molecule has 2 fully saturated rings. The lowest BCUT2D eigenvalue weighted by Crippen LogP contribution is -2.45. The first-order valence-corrected chi connectivity index (χ1v) is 8.68. The number of nitrogens with one attached hydrogen (secondary N) is 2. The summed E-state index contributed by atoms with van der Waals surface area (Å²) in [5.74, 6) is 1.07. The topological polar surface area (TPSA) is 73.8 Å². The Labute approximate surface area is 115 Å². The average molecular weight is 288 g/mol. The quantitative estimate of drug-likeness (QED) is 0.570. The van der Waals surface area contributed by atoms with Crippen LogP contribution in [0.2, 0.25) is 0 Å². The first-order chi connectivity index (χ1) is 9.12. The fourth-order valence-electron chi connectivity index (χ4n) is 2.70. The van der Waals surface area contributed by atoms with Crippen LogP contribution in [0.1, 0.15) is 32.1 Å². The number of aliphatic imine (C=N–C) groups is 1. The molecule has 1 saturated carbocycles. The van der Waals surface area contributed by atoms with E-state index in [1.807, 2.05) is 0 Å². The lowest BCUT2D eigenvalue weighted by molar-refractivity contribution is 0.444. The molecule has 2 aliphatic rings. The van der Waals surface area contributed by atoms with E-state index >= 15 is 0 Å². The Morgan fingerprint density at radius 3 is 2.63 bits per heavy atom. The zero-order valence-corrected chi connectivity index (χ0v) is 12.4. The van der Waals surface area contributed by atoms with Crippen LogP contribution in [0.5, 0.6) is 0 Å². The Hall–Kier alpha value is -0.820. The minimum atomic E-state index is -2.98. The summed E-state index contributed by atoms with van der Waals surface area (Å²) in [7, 11) is -1.23. The Kier molecular flexibility index (Phi) is 5.04. The fourth-order valence-corrected chi connectivity index (χ4v) is 4.23. The van der Waals surface area contributed by atoms with Gasteiger partial charge in [-0.3, -0.25) is 4.99 Å². The highest BCUT2D eigenvalue weighted by molar-refractivity contribution is 7.89. The summed E-state index contributed by atoms with van der Waals surface area (Å²) >= 11 is 0. The van der Waals surface area contributed by atoms with Crippen LogP contribution < -0.4 is 10.6 Å². The zero-order chi connectivity index (χ0) is 13.7. The zero-order valence-electron chi connectivity index (χ0n) is 11.6. The average Bonchev–Trinajstić information content (AvgIpc) is 2.98. The van der Waals surface area contributed by atoms with Gasteiger partial charge in [0, 0.05) is 32.7 Å². The number of hydrogen-bond acceptors (Lipinski definition) is 3. The summed E-state index contributed by atoms with van der Waals surface area (Å²) in [5, 5.41) is 6.58. The molecular formula is C12H24N4O2S. The molecule has 1 heterocycles. The Bertz CT molecular complexity index is 415. The van der Waals surface area contributed by atoms with Crippen LogP contribution in [0.25, 0.3) is 0 Å². The Balaban J connectivity index is 1.71. The molecule has 0 unspecified atom stereocenters. The number of sulfonamides is 1. The van der Waals surface area contributed by atoms with Gasteiger partial charge in [-0.25, -0.2) is 12.7 Å². The van der Waals surface area contributed by atoms with Crippen LogP contribution in [0.15, 0.2) is 4.99 Å². The molecule has 0 aromatic carbocycles. The van der Waals surface area contributed by atoms with Gasteiger partial charge in [0.1, 0.15) is 0 Å². The first-order valence-electron chi connectivity index (χ1n) is 7.07. The van der Waals surface area contributed by atoms with Crippen LogP contribution in [0.3, 0.4) is 0 Å². The molecule has 110 valence electrons. The van der Waals surface area contributed by atoms with E-state index in [0.717, 1.165) is 12.4 Å². The van der Waals surface area contributed by atoms with E-state index in [1.54, 1.807) is 11.4 Å². The van der Waals surface area contributed by atoms with Crippen molar-refractivity contribution in [3.8, 4) is 0 Å².